The van der Waals surface area contributed by atoms with E-state index in [0.717, 1.165) is 0 Å². The summed E-state index contributed by atoms with van der Waals surface area (Å²) in [6.45, 7) is 6.64. The quantitative estimate of drug-likeness (QED) is 0.868. The average Bonchev–Trinajstić information content (AvgIpc) is 2.19. The van der Waals surface area contributed by atoms with Gasteiger partial charge in [-0.3, -0.25) is 0 Å². The van der Waals surface area contributed by atoms with E-state index < -0.39 is 0 Å². The van der Waals surface area contributed by atoms with Crippen LogP contribution >= 0.6 is 17.0 Å². The summed E-state index contributed by atoms with van der Waals surface area (Å²) in [5.74, 6) is 0. The maximum atomic E-state index is 3.55. The number of nitrogens with one attached hydrogen (secondary N) is 1. The summed E-state index contributed by atoms with van der Waals surface area (Å²) in [4.78, 5) is 0. The summed E-state index contributed by atoms with van der Waals surface area (Å²) >= 11 is 0. The van der Waals surface area contributed by atoms with Gasteiger partial charge in [-0.05, 0) is 25.8 Å². The first-order valence-corrected chi connectivity index (χ1v) is 5.05. The molecule has 0 saturated heterocycles. The number of benzene rings is 1. The lowest BCUT2D eigenvalue weighted by Gasteiger charge is -2.18. The Balaban J connectivity index is 0.00000169. The van der Waals surface area contributed by atoms with Gasteiger partial charge in [0.1, 0.15) is 0 Å². The first kappa shape index (κ1) is 13.7. The first-order chi connectivity index (χ1) is 6.24. The van der Waals surface area contributed by atoms with Gasteiger partial charge >= 0.3 is 0 Å². The molecule has 0 aliphatic rings. The van der Waals surface area contributed by atoms with Crippen molar-refractivity contribution in [3.8, 4) is 0 Å². The molecule has 0 heterocycles. The van der Waals surface area contributed by atoms with Crippen LogP contribution in [0.15, 0.2) is 30.3 Å². The predicted molar refractivity (Wildman–Crippen MR) is 68.1 cm³/mol. The molecule has 0 unspecified atom stereocenters. The Kier molecular flexibility index (Phi) is 6.85. The fourth-order valence-corrected chi connectivity index (χ4v) is 1.38. The highest BCUT2D eigenvalue weighted by Gasteiger charge is 2.06. The van der Waals surface area contributed by atoms with E-state index in [-0.39, 0.29) is 17.0 Å². The molecule has 2 atom stereocenters. The molecule has 0 fully saturated rings. The van der Waals surface area contributed by atoms with E-state index in [2.05, 4.69) is 56.4 Å². The molecule has 1 nitrogen and oxygen atoms in total. The van der Waals surface area contributed by atoms with Crippen LogP contribution in [0.1, 0.15) is 38.8 Å². The summed E-state index contributed by atoms with van der Waals surface area (Å²) in [5.41, 5.74) is 1.36. The van der Waals surface area contributed by atoms with E-state index in [9.17, 15) is 0 Å². The van der Waals surface area contributed by atoms with E-state index in [4.69, 9.17) is 0 Å². The van der Waals surface area contributed by atoms with Crippen LogP contribution in [-0.2, 0) is 0 Å². The van der Waals surface area contributed by atoms with Gasteiger partial charge in [0, 0.05) is 12.1 Å². The molecule has 2 heteroatoms. The minimum absolute atomic E-state index is 0. The zero-order chi connectivity index (χ0) is 9.68. The molecule has 0 aliphatic heterocycles. The van der Waals surface area contributed by atoms with E-state index >= 15 is 0 Å². The normalized spacial score (nSPS) is 14.2. The van der Waals surface area contributed by atoms with Crippen molar-refractivity contribution < 1.29 is 0 Å². The Labute approximate surface area is 97.7 Å². The van der Waals surface area contributed by atoms with Crippen molar-refractivity contribution in [1.82, 2.24) is 5.32 Å². The molecule has 0 spiro atoms. The molecule has 0 radical (unpaired) electrons. The second-order valence-electron chi connectivity index (χ2n) is 3.61. The minimum Gasteiger partial charge on any atom is -0.308 e. The molecular weight excluding hydrogens is 238 g/mol. The van der Waals surface area contributed by atoms with Crippen LogP contribution in [0.25, 0.3) is 0 Å². The number of hydrogen-bond donors (Lipinski definition) is 1. The third kappa shape index (κ3) is 4.25. The summed E-state index contributed by atoms with van der Waals surface area (Å²) in [6, 6.07) is 11.6. The van der Waals surface area contributed by atoms with E-state index in [0.29, 0.717) is 12.1 Å². The highest BCUT2D eigenvalue weighted by Crippen LogP contribution is 2.12. The second-order valence-corrected chi connectivity index (χ2v) is 3.61. The van der Waals surface area contributed by atoms with Crippen LogP contribution in [0.2, 0.25) is 0 Å². The Morgan fingerprint density at radius 3 is 2.21 bits per heavy atom. The maximum Gasteiger partial charge on any atom is 0.0294 e. The molecular formula is C12H20BrN. The molecule has 0 bridgehead atoms. The predicted octanol–water partition coefficient (Wildman–Crippen LogP) is 3.71. The zero-order valence-electron chi connectivity index (χ0n) is 9.16. The summed E-state index contributed by atoms with van der Waals surface area (Å²) in [5, 5.41) is 3.55. The van der Waals surface area contributed by atoms with Gasteiger partial charge < -0.3 is 5.32 Å². The van der Waals surface area contributed by atoms with Gasteiger partial charge in [0.15, 0.2) is 0 Å². The molecule has 1 aromatic carbocycles. The van der Waals surface area contributed by atoms with E-state index in [1.165, 1.54) is 12.0 Å². The Morgan fingerprint density at radius 1 is 1.14 bits per heavy atom. The molecule has 1 aromatic rings. The maximum absolute atomic E-state index is 3.55. The van der Waals surface area contributed by atoms with Gasteiger partial charge in [0.25, 0.3) is 0 Å². The number of hydrogen-bond acceptors (Lipinski definition) is 1. The third-order valence-electron chi connectivity index (χ3n) is 2.45. The Hall–Kier alpha value is -0.340. The van der Waals surface area contributed by atoms with E-state index in [1.807, 2.05) is 0 Å². The topological polar surface area (TPSA) is 12.0 Å². The van der Waals surface area contributed by atoms with Gasteiger partial charge in [-0.2, -0.15) is 0 Å². The Morgan fingerprint density at radius 2 is 1.71 bits per heavy atom. The summed E-state index contributed by atoms with van der Waals surface area (Å²) < 4.78 is 0. The lowest BCUT2D eigenvalue weighted by molar-refractivity contribution is 0.469. The first-order valence-electron chi connectivity index (χ1n) is 5.05. The van der Waals surface area contributed by atoms with Crippen molar-refractivity contribution in [3.05, 3.63) is 35.9 Å². The molecule has 14 heavy (non-hydrogen) atoms. The lowest BCUT2D eigenvalue weighted by Crippen LogP contribution is -2.28. The van der Waals surface area contributed by atoms with Crippen LogP contribution in [0.5, 0.6) is 0 Å². The van der Waals surface area contributed by atoms with Crippen LogP contribution in [0.4, 0.5) is 0 Å². The van der Waals surface area contributed by atoms with Crippen molar-refractivity contribution in [1.29, 1.82) is 0 Å². The summed E-state index contributed by atoms with van der Waals surface area (Å²) in [6.07, 6.45) is 1.18. The van der Waals surface area contributed by atoms with Crippen molar-refractivity contribution in [2.75, 3.05) is 0 Å². The highest BCUT2D eigenvalue weighted by molar-refractivity contribution is 8.93. The highest BCUT2D eigenvalue weighted by atomic mass is 79.9. The van der Waals surface area contributed by atoms with Gasteiger partial charge in [0.2, 0.25) is 0 Å². The molecule has 1 rings (SSSR count). The van der Waals surface area contributed by atoms with Gasteiger partial charge in [-0.15, -0.1) is 17.0 Å². The smallest absolute Gasteiger partial charge is 0.0294 e. The van der Waals surface area contributed by atoms with Gasteiger partial charge in [-0.25, -0.2) is 0 Å². The average molecular weight is 258 g/mol. The van der Waals surface area contributed by atoms with E-state index in [1.54, 1.807) is 0 Å². The van der Waals surface area contributed by atoms with Crippen molar-refractivity contribution in [2.45, 2.75) is 39.3 Å². The third-order valence-corrected chi connectivity index (χ3v) is 2.45. The molecule has 0 amide bonds. The van der Waals surface area contributed by atoms with Crippen molar-refractivity contribution in [3.63, 3.8) is 0 Å². The van der Waals surface area contributed by atoms with Crippen molar-refractivity contribution >= 4 is 17.0 Å². The number of halogens is 1. The fourth-order valence-electron chi connectivity index (χ4n) is 1.38. The monoisotopic (exact) mass is 257 g/mol. The lowest BCUT2D eigenvalue weighted by atomic mass is 10.1. The van der Waals surface area contributed by atoms with Crippen LogP contribution in [0, 0.1) is 0 Å². The second kappa shape index (κ2) is 7.02. The molecule has 80 valence electrons. The minimum atomic E-state index is 0. The zero-order valence-corrected chi connectivity index (χ0v) is 10.9. The standard InChI is InChI=1S/C12H19N.BrH/c1-4-10(2)13-11(3)12-8-6-5-7-9-12;/h5-11,13H,4H2,1-3H3;1H/t10-,11+;/m1./s1. The van der Waals surface area contributed by atoms with Crippen LogP contribution in [-0.4, -0.2) is 6.04 Å². The molecule has 0 saturated carbocycles. The van der Waals surface area contributed by atoms with Gasteiger partial charge in [-0.1, -0.05) is 37.3 Å². The Bertz CT molecular complexity index is 235. The number of rotatable bonds is 4. The van der Waals surface area contributed by atoms with Gasteiger partial charge in [0.05, 0.1) is 0 Å². The molecule has 0 aromatic heterocycles. The van der Waals surface area contributed by atoms with Crippen molar-refractivity contribution in [2.24, 2.45) is 0 Å². The van der Waals surface area contributed by atoms with Crippen LogP contribution < -0.4 is 5.32 Å². The summed E-state index contributed by atoms with van der Waals surface area (Å²) in [7, 11) is 0. The SMILES string of the molecule is Br.CC[C@@H](C)N[C@@H](C)c1ccccc1. The largest absolute Gasteiger partial charge is 0.308 e. The van der Waals surface area contributed by atoms with Crippen LogP contribution in [0.3, 0.4) is 0 Å². The fraction of sp³-hybridized carbons (Fsp3) is 0.500. The molecule has 1 N–H and O–H groups in total. The molecule has 0 aliphatic carbocycles.